The first-order valence-corrected chi connectivity index (χ1v) is 7.96. The number of phenolic OH excluding ortho intramolecular Hbond substituents is 2. The highest BCUT2D eigenvalue weighted by atomic mass is 16.3. The summed E-state index contributed by atoms with van der Waals surface area (Å²) < 4.78 is 0. The van der Waals surface area contributed by atoms with Crippen molar-refractivity contribution in [2.24, 2.45) is 0 Å². The Morgan fingerprint density at radius 2 is 1.30 bits per heavy atom. The molecule has 2 nitrogen and oxygen atoms in total. The van der Waals surface area contributed by atoms with Crippen LogP contribution < -0.4 is 0 Å². The summed E-state index contributed by atoms with van der Waals surface area (Å²) >= 11 is 0. The summed E-state index contributed by atoms with van der Waals surface area (Å²) in [5.41, 5.74) is 4.11. The predicted molar refractivity (Wildman–Crippen MR) is 96.1 cm³/mol. The highest BCUT2D eigenvalue weighted by Gasteiger charge is 2.15. The summed E-state index contributed by atoms with van der Waals surface area (Å²) in [5.74, 6) is 0.839. The molecule has 2 N–H and O–H groups in total. The van der Waals surface area contributed by atoms with E-state index in [0.29, 0.717) is 24.3 Å². The van der Waals surface area contributed by atoms with E-state index < -0.39 is 0 Å². The number of phenols is 2. The van der Waals surface area contributed by atoms with Gasteiger partial charge in [0, 0.05) is 5.92 Å². The minimum absolute atomic E-state index is 0.225. The number of hydrogen-bond donors (Lipinski definition) is 2. The average Bonchev–Trinajstić information content (AvgIpc) is 2.54. The van der Waals surface area contributed by atoms with Crippen molar-refractivity contribution in [1.29, 1.82) is 0 Å². The quantitative estimate of drug-likeness (QED) is 0.699. The van der Waals surface area contributed by atoms with Crippen LogP contribution in [0.2, 0.25) is 0 Å². The van der Waals surface area contributed by atoms with Gasteiger partial charge in [0.2, 0.25) is 0 Å². The van der Waals surface area contributed by atoms with Gasteiger partial charge in [-0.05, 0) is 53.6 Å². The second kappa shape index (κ2) is 7.68. The van der Waals surface area contributed by atoms with Gasteiger partial charge in [-0.2, -0.15) is 0 Å². The molecule has 120 valence electrons. The molecule has 0 aliphatic carbocycles. The van der Waals surface area contributed by atoms with E-state index in [1.807, 2.05) is 24.3 Å². The molecule has 2 rings (SSSR count). The van der Waals surface area contributed by atoms with Crippen molar-refractivity contribution in [3.8, 4) is 11.5 Å². The van der Waals surface area contributed by atoms with Crippen LogP contribution in [0, 0.1) is 0 Å². The molecule has 0 unspecified atom stereocenters. The monoisotopic (exact) mass is 308 g/mol. The Morgan fingerprint density at radius 3 is 1.65 bits per heavy atom. The highest BCUT2D eigenvalue weighted by molar-refractivity contribution is 5.45. The molecule has 0 heterocycles. The van der Waals surface area contributed by atoms with E-state index >= 15 is 0 Å². The van der Waals surface area contributed by atoms with E-state index in [1.54, 1.807) is 24.3 Å². The van der Waals surface area contributed by atoms with Crippen molar-refractivity contribution in [3.63, 3.8) is 0 Å². The molecule has 0 bridgehead atoms. The van der Waals surface area contributed by atoms with Crippen LogP contribution in [-0.4, -0.2) is 10.2 Å². The van der Waals surface area contributed by atoms with Gasteiger partial charge in [-0.15, -0.1) is 13.2 Å². The smallest absolute Gasteiger partial charge is 0.119 e. The molecule has 0 spiro atoms. The molecule has 0 saturated heterocycles. The zero-order valence-corrected chi connectivity index (χ0v) is 13.6. The molecule has 2 aromatic carbocycles. The Balaban J connectivity index is 2.43. The number of hydrogen-bond acceptors (Lipinski definition) is 2. The minimum Gasteiger partial charge on any atom is -0.508 e. The van der Waals surface area contributed by atoms with Crippen LogP contribution >= 0.6 is 0 Å². The SMILES string of the molecule is C=CCc1cc(C(CC)c2ccc(O)c(CC=C)c2)ccc1O. The lowest BCUT2D eigenvalue weighted by Crippen LogP contribution is -2.02. The largest absolute Gasteiger partial charge is 0.508 e. The lowest BCUT2D eigenvalue weighted by Gasteiger charge is -2.19. The third-order valence-corrected chi connectivity index (χ3v) is 4.15. The third kappa shape index (κ3) is 3.84. The Labute approximate surface area is 138 Å². The Bertz CT molecular complexity index is 641. The van der Waals surface area contributed by atoms with Crippen molar-refractivity contribution in [3.05, 3.63) is 84.0 Å². The van der Waals surface area contributed by atoms with Crippen LogP contribution in [0.1, 0.15) is 41.5 Å². The fourth-order valence-electron chi connectivity index (χ4n) is 2.95. The molecule has 23 heavy (non-hydrogen) atoms. The first-order valence-electron chi connectivity index (χ1n) is 7.96. The van der Waals surface area contributed by atoms with E-state index in [4.69, 9.17) is 0 Å². The van der Waals surface area contributed by atoms with Gasteiger partial charge in [-0.3, -0.25) is 0 Å². The second-order valence-electron chi connectivity index (χ2n) is 5.72. The Morgan fingerprint density at radius 1 is 0.870 bits per heavy atom. The highest BCUT2D eigenvalue weighted by Crippen LogP contribution is 2.33. The van der Waals surface area contributed by atoms with Crippen molar-refractivity contribution in [2.45, 2.75) is 32.1 Å². The molecule has 0 aliphatic rings. The molecule has 0 saturated carbocycles. The molecule has 0 atom stereocenters. The van der Waals surface area contributed by atoms with Gasteiger partial charge in [0.1, 0.15) is 11.5 Å². The van der Waals surface area contributed by atoms with Gasteiger partial charge < -0.3 is 10.2 Å². The summed E-state index contributed by atoms with van der Waals surface area (Å²) in [6, 6.07) is 11.5. The van der Waals surface area contributed by atoms with Gasteiger partial charge >= 0.3 is 0 Å². The topological polar surface area (TPSA) is 40.5 Å². The van der Waals surface area contributed by atoms with Gasteiger partial charge in [0.15, 0.2) is 0 Å². The third-order valence-electron chi connectivity index (χ3n) is 4.15. The summed E-state index contributed by atoms with van der Waals surface area (Å²) in [5, 5.41) is 19.9. The fraction of sp³-hybridized carbons (Fsp3) is 0.238. The first-order chi connectivity index (χ1) is 11.1. The Hall–Kier alpha value is -2.48. The van der Waals surface area contributed by atoms with Gasteiger partial charge in [-0.1, -0.05) is 43.3 Å². The molecule has 2 heteroatoms. The summed E-state index contributed by atoms with van der Waals surface area (Å²) in [6.45, 7) is 9.63. The van der Waals surface area contributed by atoms with Crippen molar-refractivity contribution in [1.82, 2.24) is 0 Å². The summed E-state index contributed by atoms with van der Waals surface area (Å²) in [6.07, 6.45) is 5.82. The van der Waals surface area contributed by atoms with Crippen LogP contribution in [0.3, 0.4) is 0 Å². The maximum absolute atomic E-state index is 9.95. The number of benzene rings is 2. The van der Waals surface area contributed by atoms with E-state index in [2.05, 4.69) is 20.1 Å². The van der Waals surface area contributed by atoms with E-state index in [0.717, 1.165) is 28.7 Å². The lowest BCUT2D eigenvalue weighted by molar-refractivity contribution is 0.469. The average molecular weight is 308 g/mol. The van der Waals surface area contributed by atoms with Crippen molar-refractivity contribution < 1.29 is 10.2 Å². The lowest BCUT2D eigenvalue weighted by atomic mass is 9.86. The van der Waals surface area contributed by atoms with Crippen LogP contribution in [0.5, 0.6) is 11.5 Å². The minimum atomic E-state index is 0.225. The molecule has 0 aromatic heterocycles. The first kappa shape index (κ1) is 16.9. The van der Waals surface area contributed by atoms with Gasteiger partial charge in [0.05, 0.1) is 0 Å². The number of rotatable bonds is 7. The van der Waals surface area contributed by atoms with E-state index in [9.17, 15) is 10.2 Å². The molecule has 2 aromatic rings. The van der Waals surface area contributed by atoms with Crippen LogP contribution in [-0.2, 0) is 12.8 Å². The van der Waals surface area contributed by atoms with E-state index in [1.165, 1.54) is 0 Å². The van der Waals surface area contributed by atoms with Crippen LogP contribution in [0.15, 0.2) is 61.7 Å². The van der Waals surface area contributed by atoms with Crippen LogP contribution in [0.25, 0.3) is 0 Å². The maximum Gasteiger partial charge on any atom is 0.119 e. The predicted octanol–water partition coefficient (Wildman–Crippen LogP) is 5.10. The molecule has 0 radical (unpaired) electrons. The normalized spacial score (nSPS) is 10.7. The van der Waals surface area contributed by atoms with Crippen LogP contribution in [0.4, 0.5) is 0 Å². The van der Waals surface area contributed by atoms with Crippen molar-refractivity contribution in [2.75, 3.05) is 0 Å². The van der Waals surface area contributed by atoms with Crippen molar-refractivity contribution >= 4 is 0 Å². The summed E-state index contributed by atoms with van der Waals surface area (Å²) in [4.78, 5) is 0. The molecule has 0 amide bonds. The number of allylic oxidation sites excluding steroid dienone is 2. The Kier molecular flexibility index (Phi) is 5.64. The molecular weight excluding hydrogens is 284 g/mol. The van der Waals surface area contributed by atoms with Gasteiger partial charge in [0.25, 0.3) is 0 Å². The molecule has 0 aliphatic heterocycles. The number of aromatic hydroxyl groups is 2. The second-order valence-corrected chi connectivity index (χ2v) is 5.72. The fourth-order valence-corrected chi connectivity index (χ4v) is 2.95. The summed E-state index contributed by atoms with van der Waals surface area (Å²) in [7, 11) is 0. The zero-order chi connectivity index (χ0) is 16.8. The van der Waals surface area contributed by atoms with Gasteiger partial charge in [-0.25, -0.2) is 0 Å². The molecule has 0 fully saturated rings. The van der Waals surface area contributed by atoms with E-state index in [-0.39, 0.29) is 5.92 Å². The standard InChI is InChI=1S/C21H24O2/c1-4-7-17-13-15(9-11-20(17)22)19(6-3)16-10-12-21(23)18(14-16)8-5-2/h4-5,9-14,19,22-23H,1-2,6-8H2,3H3. The molecular formula is C21H24O2. The zero-order valence-electron chi connectivity index (χ0n) is 13.6. The maximum atomic E-state index is 9.95.